The van der Waals surface area contributed by atoms with Crippen molar-refractivity contribution in [1.29, 1.82) is 0 Å². The van der Waals surface area contributed by atoms with E-state index in [9.17, 15) is 0 Å². The number of nitrogen functional groups attached to an aromatic ring is 1. The standard InChI is InChI=1S/C14H17BrN4/c1-8(2)13-18-12(16)9(3)14(19-13)17-11-6-4-5-10(15)7-11/h4-8H,1-3H3,(H3,16,17,18,19). The SMILES string of the molecule is Cc1c(N)nc(C(C)C)nc1Nc1cccc(Br)c1. The first-order chi connectivity index (χ1) is 8.97. The van der Waals surface area contributed by atoms with Crippen molar-refractivity contribution in [2.24, 2.45) is 0 Å². The lowest BCUT2D eigenvalue weighted by atomic mass is 10.2. The zero-order valence-electron chi connectivity index (χ0n) is 11.2. The van der Waals surface area contributed by atoms with Crippen LogP contribution in [-0.2, 0) is 0 Å². The highest BCUT2D eigenvalue weighted by Gasteiger charge is 2.11. The van der Waals surface area contributed by atoms with Crippen LogP contribution in [0.1, 0.15) is 31.2 Å². The van der Waals surface area contributed by atoms with Gasteiger partial charge in [0.2, 0.25) is 0 Å². The van der Waals surface area contributed by atoms with Crippen molar-refractivity contribution < 1.29 is 0 Å². The molecule has 19 heavy (non-hydrogen) atoms. The first kappa shape index (κ1) is 13.8. The number of rotatable bonds is 3. The average molecular weight is 321 g/mol. The quantitative estimate of drug-likeness (QED) is 0.897. The van der Waals surface area contributed by atoms with E-state index in [0.29, 0.717) is 5.82 Å². The number of anilines is 3. The van der Waals surface area contributed by atoms with E-state index in [1.807, 2.05) is 45.0 Å². The number of hydrogen-bond acceptors (Lipinski definition) is 4. The van der Waals surface area contributed by atoms with Crippen molar-refractivity contribution in [2.45, 2.75) is 26.7 Å². The summed E-state index contributed by atoms with van der Waals surface area (Å²) in [6, 6.07) is 7.92. The molecule has 0 saturated heterocycles. The monoisotopic (exact) mass is 320 g/mol. The van der Waals surface area contributed by atoms with Crippen molar-refractivity contribution in [3.63, 3.8) is 0 Å². The Balaban J connectivity index is 2.39. The molecule has 0 atom stereocenters. The molecular weight excluding hydrogens is 304 g/mol. The second-order valence-corrected chi connectivity index (χ2v) is 5.65. The molecular formula is C14H17BrN4. The normalized spacial score (nSPS) is 10.8. The Morgan fingerprint density at radius 1 is 1.26 bits per heavy atom. The molecule has 0 bridgehead atoms. The topological polar surface area (TPSA) is 63.8 Å². The van der Waals surface area contributed by atoms with Gasteiger partial charge in [0, 0.05) is 21.6 Å². The van der Waals surface area contributed by atoms with Gasteiger partial charge in [-0.3, -0.25) is 0 Å². The summed E-state index contributed by atoms with van der Waals surface area (Å²) >= 11 is 3.45. The molecule has 1 aromatic carbocycles. The predicted octanol–water partition coefficient (Wildman–Crippen LogP) is 4.00. The van der Waals surface area contributed by atoms with Gasteiger partial charge in [0.15, 0.2) is 0 Å². The fourth-order valence-corrected chi connectivity index (χ4v) is 2.03. The smallest absolute Gasteiger partial charge is 0.139 e. The highest BCUT2D eigenvalue weighted by molar-refractivity contribution is 9.10. The number of nitrogens with two attached hydrogens (primary N) is 1. The summed E-state index contributed by atoms with van der Waals surface area (Å²) in [5.41, 5.74) is 7.77. The number of benzene rings is 1. The van der Waals surface area contributed by atoms with Gasteiger partial charge in [0.1, 0.15) is 17.5 Å². The second kappa shape index (κ2) is 5.57. The van der Waals surface area contributed by atoms with Crippen LogP contribution in [0.4, 0.5) is 17.3 Å². The average Bonchev–Trinajstić information content (AvgIpc) is 2.34. The molecule has 0 aliphatic heterocycles. The fourth-order valence-electron chi connectivity index (χ4n) is 1.63. The highest BCUT2D eigenvalue weighted by Crippen LogP contribution is 2.25. The molecule has 0 aliphatic rings. The van der Waals surface area contributed by atoms with Gasteiger partial charge in [-0.25, -0.2) is 9.97 Å². The summed E-state index contributed by atoms with van der Waals surface area (Å²) in [4.78, 5) is 8.85. The second-order valence-electron chi connectivity index (χ2n) is 4.73. The number of halogens is 1. The minimum absolute atomic E-state index is 0.242. The van der Waals surface area contributed by atoms with Crippen molar-refractivity contribution in [3.8, 4) is 0 Å². The van der Waals surface area contributed by atoms with E-state index < -0.39 is 0 Å². The van der Waals surface area contributed by atoms with Gasteiger partial charge in [-0.15, -0.1) is 0 Å². The molecule has 0 aliphatic carbocycles. The van der Waals surface area contributed by atoms with E-state index >= 15 is 0 Å². The maximum atomic E-state index is 5.94. The molecule has 1 aromatic heterocycles. The molecule has 5 heteroatoms. The molecule has 0 unspecified atom stereocenters. The van der Waals surface area contributed by atoms with Gasteiger partial charge in [-0.05, 0) is 25.1 Å². The maximum Gasteiger partial charge on any atom is 0.139 e. The van der Waals surface area contributed by atoms with Crippen LogP contribution in [0.25, 0.3) is 0 Å². The first-order valence-corrected chi connectivity index (χ1v) is 6.93. The molecule has 3 N–H and O–H groups in total. The van der Waals surface area contributed by atoms with E-state index in [1.54, 1.807) is 0 Å². The molecule has 0 fully saturated rings. The van der Waals surface area contributed by atoms with Gasteiger partial charge in [0.25, 0.3) is 0 Å². The molecule has 4 nitrogen and oxygen atoms in total. The molecule has 0 saturated carbocycles. The van der Waals surface area contributed by atoms with Gasteiger partial charge in [-0.1, -0.05) is 35.8 Å². The third kappa shape index (κ3) is 3.23. The van der Waals surface area contributed by atoms with Gasteiger partial charge >= 0.3 is 0 Å². The van der Waals surface area contributed by atoms with Crippen LogP contribution >= 0.6 is 15.9 Å². The lowest BCUT2D eigenvalue weighted by molar-refractivity contribution is 0.776. The van der Waals surface area contributed by atoms with Crippen molar-refractivity contribution in [1.82, 2.24) is 9.97 Å². The summed E-state index contributed by atoms with van der Waals surface area (Å²) < 4.78 is 1.02. The Kier molecular flexibility index (Phi) is 4.04. The van der Waals surface area contributed by atoms with Gasteiger partial charge in [-0.2, -0.15) is 0 Å². The van der Waals surface area contributed by atoms with Crippen LogP contribution < -0.4 is 11.1 Å². The number of aromatic nitrogens is 2. The Morgan fingerprint density at radius 2 is 2.00 bits per heavy atom. The molecule has 2 rings (SSSR count). The van der Waals surface area contributed by atoms with Gasteiger partial charge < -0.3 is 11.1 Å². The lowest BCUT2D eigenvalue weighted by Gasteiger charge is -2.13. The highest BCUT2D eigenvalue weighted by atomic mass is 79.9. The summed E-state index contributed by atoms with van der Waals surface area (Å²) in [7, 11) is 0. The molecule has 0 spiro atoms. The molecule has 2 aromatic rings. The van der Waals surface area contributed by atoms with E-state index in [-0.39, 0.29) is 5.92 Å². The van der Waals surface area contributed by atoms with Crippen molar-refractivity contribution >= 4 is 33.3 Å². The van der Waals surface area contributed by atoms with Crippen LogP contribution in [0.15, 0.2) is 28.7 Å². The zero-order chi connectivity index (χ0) is 14.0. The summed E-state index contributed by atoms with van der Waals surface area (Å²) in [5, 5.41) is 3.29. The van der Waals surface area contributed by atoms with Crippen LogP contribution in [0, 0.1) is 6.92 Å². The molecule has 1 heterocycles. The van der Waals surface area contributed by atoms with E-state index in [0.717, 1.165) is 27.4 Å². The number of nitrogens with zero attached hydrogens (tertiary/aromatic N) is 2. The van der Waals surface area contributed by atoms with Crippen LogP contribution in [0.5, 0.6) is 0 Å². The maximum absolute atomic E-state index is 5.94. The zero-order valence-corrected chi connectivity index (χ0v) is 12.8. The lowest BCUT2D eigenvalue weighted by Crippen LogP contribution is -2.08. The van der Waals surface area contributed by atoms with Crippen molar-refractivity contribution in [2.75, 3.05) is 11.1 Å². The Hall–Kier alpha value is -1.62. The summed E-state index contributed by atoms with van der Waals surface area (Å²) in [6.45, 7) is 6.01. The van der Waals surface area contributed by atoms with Crippen LogP contribution in [0.3, 0.4) is 0 Å². The fraction of sp³-hybridized carbons (Fsp3) is 0.286. The third-order valence-electron chi connectivity index (χ3n) is 2.80. The van der Waals surface area contributed by atoms with E-state index in [2.05, 4.69) is 31.2 Å². The Bertz CT molecular complexity index is 596. The molecule has 0 radical (unpaired) electrons. The minimum Gasteiger partial charge on any atom is -0.383 e. The largest absolute Gasteiger partial charge is 0.383 e. The number of nitrogens with one attached hydrogen (secondary N) is 1. The summed E-state index contributed by atoms with van der Waals surface area (Å²) in [5.74, 6) is 2.28. The number of hydrogen-bond donors (Lipinski definition) is 2. The Labute approximate surface area is 121 Å². The van der Waals surface area contributed by atoms with E-state index in [1.165, 1.54) is 0 Å². The third-order valence-corrected chi connectivity index (χ3v) is 3.30. The van der Waals surface area contributed by atoms with Crippen LogP contribution in [-0.4, -0.2) is 9.97 Å². The molecule has 0 amide bonds. The van der Waals surface area contributed by atoms with Crippen LogP contribution in [0.2, 0.25) is 0 Å². The molecule has 100 valence electrons. The van der Waals surface area contributed by atoms with Gasteiger partial charge in [0.05, 0.1) is 0 Å². The Morgan fingerprint density at radius 3 is 2.63 bits per heavy atom. The van der Waals surface area contributed by atoms with Crippen molar-refractivity contribution in [3.05, 3.63) is 40.1 Å². The summed E-state index contributed by atoms with van der Waals surface area (Å²) in [6.07, 6.45) is 0. The minimum atomic E-state index is 0.242. The van der Waals surface area contributed by atoms with E-state index in [4.69, 9.17) is 5.73 Å². The first-order valence-electron chi connectivity index (χ1n) is 6.14. The predicted molar refractivity (Wildman–Crippen MR) is 82.7 cm³/mol.